The molecule has 1 heterocycles. The third-order valence-electron chi connectivity index (χ3n) is 3.74. The van der Waals surface area contributed by atoms with Gasteiger partial charge in [-0.05, 0) is 38.5 Å². The molecule has 1 amide bonds. The molecule has 4 N–H and O–H groups in total. The average Bonchev–Trinajstić information content (AvgIpc) is 2.83. The van der Waals surface area contributed by atoms with Crippen LogP contribution in [-0.4, -0.2) is 31.7 Å². The van der Waals surface area contributed by atoms with Gasteiger partial charge in [-0.25, -0.2) is 0 Å². The van der Waals surface area contributed by atoms with E-state index in [4.69, 9.17) is 10.5 Å². The standard InChI is InChI=1S/C15H23N3O2/c1-3-17-15(19)11-4-5-13(16)14(8-11)18-9-12-6-7-20-10(12)2/h4-5,8,10,12,18H,3,6-7,9,16H2,1-2H3,(H,17,19). The van der Waals surface area contributed by atoms with Crippen molar-refractivity contribution in [3.8, 4) is 0 Å². The summed E-state index contributed by atoms with van der Waals surface area (Å²) >= 11 is 0. The lowest BCUT2D eigenvalue weighted by Crippen LogP contribution is -2.23. The number of ether oxygens (including phenoxy) is 1. The van der Waals surface area contributed by atoms with Crippen molar-refractivity contribution in [1.29, 1.82) is 0 Å². The van der Waals surface area contributed by atoms with Crippen molar-refractivity contribution in [3.63, 3.8) is 0 Å². The molecule has 0 aromatic heterocycles. The Hall–Kier alpha value is -1.75. The molecule has 0 bridgehead atoms. The molecule has 1 fully saturated rings. The van der Waals surface area contributed by atoms with Gasteiger partial charge in [0, 0.05) is 31.2 Å². The second kappa shape index (κ2) is 6.61. The maximum atomic E-state index is 11.8. The van der Waals surface area contributed by atoms with Gasteiger partial charge in [0.05, 0.1) is 17.5 Å². The number of carbonyl (C=O) groups is 1. The highest BCUT2D eigenvalue weighted by atomic mass is 16.5. The molecule has 1 aliphatic heterocycles. The van der Waals surface area contributed by atoms with E-state index in [9.17, 15) is 4.79 Å². The van der Waals surface area contributed by atoms with Gasteiger partial charge >= 0.3 is 0 Å². The second-order valence-electron chi connectivity index (χ2n) is 5.17. The lowest BCUT2D eigenvalue weighted by Gasteiger charge is -2.17. The minimum absolute atomic E-state index is 0.0758. The van der Waals surface area contributed by atoms with Gasteiger partial charge in [0.2, 0.25) is 0 Å². The lowest BCUT2D eigenvalue weighted by atomic mass is 10.0. The minimum Gasteiger partial charge on any atom is -0.397 e. The Morgan fingerprint density at radius 1 is 1.50 bits per heavy atom. The fourth-order valence-corrected chi connectivity index (χ4v) is 2.40. The summed E-state index contributed by atoms with van der Waals surface area (Å²) in [6, 6.07) is 5.31. The molecule has 0 spiro atoms. The van der Waals surface area contributed by atoms with Crippen LogP contribution in [0.4, 0.5) is 11.4 Å². The van der Waals surface area contributed by atoms with Gasteiger partial charge < -0.3 is 21.1 Å². The number of hydrogen-bond acceptors (Lipinski definition) is 4. The third-order valence-corrected chi connectivity index (χ3v) is 3.74. The fourth-order valence-electron chi connectivity index (χ4n) is 2.40. The van der Waals surface area contributed by atoms with Crippen LogP contribution in [0.3, 0.4) is 0 Å². The summed E-state index contributed by atoms with van der Waals surface area (Å²) < 4.78 is 5.54. The van der Waals surface area contributed by atoms with Crippen molar-refractivity contribution in [3.05, 3.63) is 23.8 Å². The third kappa shape index (κ3) is 3.42. The molecule has 2 atom stereocenters. The molecule has 2 unspecified atom stereocenters. The normalized spacial score (nSPS) is 21.7. The van der Waals surface area contributed by atoms with E-state index in [1.807, 2.05) is 6.92 Å². The van der Waals surface area contributed by atoms with Crippen LogP contribution in [0, 0.1) is 5.92 Å². The molecule has 0 saturated carbocycles. The second-order valence-corrected chi connectivity index (χ2v) is 5.17. The van der Waals surface area contributed by atoms with Gasteiger partial charge in [-0.2, -0.15) is 0 Å². The number of nitrogens with one attached hydrogen (secondary N) is 2. The molecule has 110 valence electrons. The Kier molecular flexibility index (Phi) is 4.84. The van der Waals surface area contributed by atoms with Crippen molar-refractivity contribution in [2.45, 2.75) is 26.4 Å². The number of hydrogen-bond donors (Lipinski definition) is 3. The van der Waals surface area contributed by atoms with E-state index in [-0.39, 0.29) is 12.0 Å². The van der Waals surface area contributed by atoms with Crippen LogP contribution in [0.5, 0.6) is 0 Å². The van der Waals surface area contributed by atoms with E-state index in [2.05, 4.69) is 17.6 Å². The molecule has 5 nitrogen and oxygen atoms in total. The van der Waals surface area contributed by atoms with Crippen LogP contribution in [0.25, 0.3) is 0 Å². The molecular weight excluding hydrogens is 254 g/mol. The summed E-state index contributed by atoms with van der Waals surface area (Å²) in [6.07, 6.45) is 1.33. The van der Waals surface area contributed by atoms with Crippen LogP contribution in [-0.2, 0) is 4.74 Å². The maximum absolute atomic E-state index is 11.8. The Morgan fingerprint density at radius 3 is 2.95 bits per heavy atom. The average molecular weight is 277 g/mol. The molecule has 2 rings (SSSR count). The highest BCUT2D eigenvalue weighted by Crippen LogP contribution is 2.24. The molecular formula is C15H23N3O2. The Labute approximate surface area is 119 Å². The number of carbonyl (C=O) groups excluding carboxylic acids is 1. The summed E-state index contributed by atoms with van der Waals surface area (Å²) in [5.74, 6) is 0.413. The molecule has 0 radical (unpaired) electrons. The van der Waals surface area contributed by atoms with Crippen molar-refractivity contribution >= 4 is 17.3 Å². The Bertz CT molecular complexity index is 476. The molecule has 5 heteroatoms. The Balaban J connectivity index is 2.02. The van der Waals surface area contributed by atoms with Gasteiger partial charge in [0.15, 0.2) is 0 Å². The van der Waals surface area contributed by atoms with Gasteiger partial charge in [0.25, 0.3) is 5.91 Å². The van der Waals surface area contributed by atoms with Crippen molar-refractivity contribution in [2.75, 3.05) is 30.7 Å². The SMILES string of the molecule is CCNC(=O)c1ccc(N)c(NCC2CCOC2C)c1. The van der Waals surface area contributed by atoms with Crippen LogP contribution in [0.15, 0.2) is 18.2 Å². The van der Waals surface area contributed by atoms with E-state index in [1.165, 1.54) is 0 Å². The largest absolute Gasteiger partial charge is 0.397 e. The first-order chi connectivity index (χ1) is 9.61. The zero-order valence-electron chi connectivity index (χ0n) is 12.1. The molecule has 0 aliphatic carbocycles. The first-order valence-corrected chi connectivity index (χ1v) is 7.15. The van der Waals surface area contributed by atoms with E-state index in [0.29, 0.717) is 23.7 Å². The molecule has 20 heavy (non-hydrogen) atoms. The van der Waals surface area contributed by atoms with E-state index in [0.717, 1.165) is 25.3 Å². The minimum atomic E-state index is -0.0758. The highest BCUT2D eigenvalue weighted by Gasteiger charge is 2.23. The van der Waals surface area contributed by atoms with Crippen molar-refractivity contribution in [1.82, 2.24) is 5.32 Å². The van der Waals surface area contributed by atoms with Gasteiger partial charge in [-0.15, -0.1) is 0 Å². The van der Waals surface area contributed by atoms with Crippen LogP contribution < -0.4 is 16.4 Å². The monoisotopic (exact) mass is 277 g/mol. The van der Waals surface area contributed by atoms with Gasteiger partial charge in [-0.1, -0.05) is 0 Å². The van der Waals surface area contributed by atoms with E-state index < -0.39 is 0 Å². The quantitative estimate of drug-likeness (QED) is 0.718. The summed E-state index contributed by atoms with van der Waals surface area (Å²) in [5, 5.41) is 6.12. The first kappa shape index (κ1) is 14.7. The summed E-state index contributed by atoms with van der Waals surface area (Å²) in [6.45, 7) is 6.23. The fraction of sp³-hybridized carbons (Fsp3) is 0.533. The molecule has 1 aromatic carbocycles. The smallest absolute Gasteiger partial charge is 0.251 e. The van der Waals surface area contributed by atoms with E-state index in [1.54, 1.807) is 18.2 Å². The number of anilines is 2. The molecule has 1 saturated heterocycles. The predicted octanol–water partition coefficient (Wildman–Crippen LogP) is 1.86. The summed E-state index contributed by atoms with van der Waals surface area (Å²) in [5.41, 5.74) is 8.05. The first-order valence-electron chi connectivity index (χ1n) is 7.15. The number of rotatable bonds is 5. The van der Waals surface area contributed by atoms with Gasteiger partial charge in [-0.3, -0.25) is 4.79 Å². The van der Waals surface area contributed by atoms with Crippen molar-refractivity contribution < 1.29 is 9.53 Å². The number of amides is 1. The lowest BCUT2D eigenvalue weighted by molar-refractivity contribution is 0.0955. The van der Waals surface area contributed by atoms with E-state index >= 15 is 0 Å². The summed E-state index contributed by atoms with van der Waals surface area (Å²) in [7, 11) is 0. The number of benzene rings is 1. The van der Waals surface area contributed by atoms with Crippen molar-refractivity contribution in [2.24, 2.45) is 5.92 Å². The highest BCUT2D eigenvalue weighted by molar-refractivity contribution is 5.96. The zero-order valence-corrected chi connectivity index (χ0v) is 12.1. The predicted molar refractivity (Wildman–Crippen MR) is 80.9 cm³/mol. The van der Waals surface area contributed by atoms with Crippen LogP contribution >= 0.6 is 0 Å². The number of nitrogen functional groups attached to an aromatic ring is 1. The molecule has 1 aromatic rings. The summed E-state index contributed by atoms with van der Waals surface area (Å²) in [4.78, 5) is 11.8. The number of nitrogens with two attached hydrogens (primary N) is 1. The zero-order chi connectivity index (χ0) is 14.5. The van der Waals surface area contributed by atoms with Crippen LogP contribution in [0.1, 0.15) is 30.6 Å². The topological polar surface area (TPSA) is 76.4 Å². The molecule has 1 aliphatic rings. The maximum Gasteiger partial charge on any atom is 0.251 e. The van der Waals surface area contributed by atoms with Gasteiger partial charge in [0.1, 0.15) is 0 Å². The Morgan fingerprint density at radius 2 is 2.30 bits per heavy atom. The van der Waals surface area contributed by atoms with Crippen LogP contribution in [0.2, 0.25) is 0 Å².